The van der Waals surface area contributed by atoms with E-state index < -0.39 is 19.0 Å². The van der Waals surface area contributed by atoms with Gasteiger partial charge in [0.05, 0.1) is 11.5 Å². The van der Waals surface area contributed by atoms with Crippen LogP contribution in [-0.2, 0) is 11.2 Å². The number of nitrogens with two attached hydrogens (primary N) is 1. The van der Waals surface area contributed by atoms with Crippen LogP contribution in [-0.4, -0.2) is 53.7 Å². The maximum atomic E-state index is 12.5. The van der Waals surface area contributed by atoms with Crippen molar-refractivity contribution in [3.8, 4) is 5.75 Å². The molecule has 1 amide bonds. The number of nitrogens with one attached hydrogen (secondary N) is 2. The summed E-state index contributed by atoms with van der Waals surface area (Å²) in [5.41, 5.74) is 6.46. The lowest BCUT2D eigenvalue weighted by Gasteiger charge is -2.31. The van der Waals surface area contributed by atoms with Gasteiger partial charge in [-0.3, -0.25) is 4.79 Å². The first-order valence-electron chi connectivity index (χ1n) is 10.3. The zero-order valence-electron chi connectivity index (χ0n) is 16.8. The van der Waals surface area contributed by atoms with Crippen molar-refractivity contribution < 1.29 is 24.4 Å². The summed E-state index contributed by atoms with van der Waals surface area (Å²) in [6, 6.07) is 5.43. The van der Waals surface area contributed by atoms with Gasteiger partial charge in [-0.25, -0.2) is 4.79 Å². The first kappa shape index (κ1) is 21.6. The van der Waals surface area contributed by atoms with Crippen molar-refractivity contribution in [3.05, 3.63) is 29.3 Å². The monoisotopic (exact) mass is 403 g/mol. The summed E-state index contributed by atoms with van der Waals surface area (Å²) in [6.45, 7) is 2.79. The lowest BCUT2D eigenvalue weighted by molar-refractivity contribution is -0.122. The van der Waals surface area contributed by atoms with E-state index in [4.69, 9.17) is 10.4 Å². The Bertz CT molecular complexity index is 737. The van der Waals surface area contributed by atoms with E-state index in [0.29, 0.717) is 30.4 Å². The number of rotatable bonds is 7. The Labute approximate surface area is 171 Å². The molecule has 2 atom stereocenters. The van der Waals surface area contributed by atoms with Gasteiger partial charge in [-0.15, -0.1) is 0 Å². The van der Waals surface area contributed by atoms with E-state index in [-0.39, 0.29) is 23.3 Å². The van der Waals surface area contributed by atoms with Gasteiger partial charge in [0.2, 0.25) is 5.91 Å². The maximum absolute atomic E-state index is 12.5. The molecule has 1 heterocycles. The van der Waals surface area contributed by atoms with E-state index in [2.05, 4.69) is 10.6 Å². The predicted octanol–water partition coefficient (Wildman–Crippen LogP) is 0.710. The van der Waals surface area contributed by atoms with E-state index in [1.807, 2.05) is 6.92 Å². The minimum Gasteiger partial charge on any atom is -0.534 e. The van der Waals surface area contributed by atoms with Crippen molar-refractivity contribution in [2.24, 2.45) is 11.7 Å². The van der Waals surface area contributed by atoms with Gasteiger partial charge in [0, 0.05) is 25.0 Å². The van der Waals surface area contributed by atoms with Crippen molar-refractivity contribution in [2.45, 2.75) is 63.5 Å². The highest BCUT2D eigenvalue weighted by atomic mass is 16.5. The molecule has 0 radical (unpaired) electrons. The van der Waals surface area contributed by atoms with Gasteiger partial charge in [0.25, 0.3) is 0 Å². The van der Waals surface area contributed by atoms with Crippen LogP contribution in [0.1, 0.15) is 54.9 Å². The lowest BCUT2D eigenvalue weighted by Crippen LogP contribution is -2.53. The molecule has 2 aliphatic rings. The molecule has 9 heteroatoms. The average molecular weight is 403 g/mol. The lowest BCUT2D eigenvalue weighted by atomic mass is 9.72. The highest BCUT2D eigenvalue weighted by Crippen LogP contribution is 2.31. The molecule has 1 aliphatic carbocycles. The molecule has 6 N–H and O–H groups in total. The number of carboxylic acids is 1. The van der Waals surface area contributed by atoms with E-state index in [1.165, 1.54) is 6.07 Å². The Morgan fingerprint density at radius 3 is 2.69 bits per heavy atom. The molecular formula is C20H30BN3O5. The number of carboxylic acid groups (broad SMARTS) is 1. The number of hydrogen-bond acceptors (Lipinski definition) is 6. The van der Waals surface area contributed by atoms with E-state index in [0.717, 1.165) is 32.2 Å². The van der Waals surface area contributed by atoms with Gasteiger partial charge in [-0.2, -0.15) is 0 Å². The third-order valence-electron chi connectivity index (χ3n) is 5.75. The summed E-state index contributed by atoms with van der Waals surface area (Å²) in [4.78, 5) is 23.8. The molecule has 8 nitrogen and oxygen atoms in total. The van der Waals surface area contributed by atoms with Crippen molar-refractivity contribution >= 4 is 19.0 Å². The molecule has 29 heavy (non-hydrogen) atoms. The molecule has 3 rings (SSSR count). The number of carbonyl (C=O) groups excluding carboxylic acids is 1. The molecule has 0 unspecified atom stereocenters. The maximum Gasteiger partial charge on any atom is 0.547 e. The highest BCUT2D eigenvalue weighted by Gasteiger charge is 2.38. The number of fused-ring (bicyclic) bond motifs is 1. The topological polar surface area (TPSA) is 134 Å². The number of amides is 1. The Hall–Kier alpha value is -2.10. The number of aromatic carboxylic acids is 1. The van der Waals surface area contributed by atoms with Gasteiger partial charge < -0.3 is 31.2 Å². The molecule has 1 aromatic rings. The third-order valence-corrected chi connectivity index (χ3v) is 5.75. The van der Waals surface area contributed by atoms with Crippen molar-refractivity contribution in [2.75, 3.05) is 6.54 Å². The van der Waals surface area contributed by atoms with Gasteiger partial charge in [0.1, 0.15) is 5.75 Å². The highest BCUT2D eigenvalue weighted by molar-refractivity contribution is 6.47. The van der Waals surface area contributed by atoms with Crippen LogP contribution in [0.2, 0.25) is 0 Å². The summed E-state index contributed by atoms with van der Waals surface area (Å²) in [7, 11) is -1.27. The summed E-state index contributed by atoms with van der Waals surface area (Å²) in [5, 5.41) is 25.9. The summed E-state index contributed by atoms with van der Waals surface area (Å²) in [6.07, 6.45) is 4.79. The molecule has 0 saturated heterocycles. The van der Waals surface area contributed by atoms with Crippen LogP contribution >= 0.6 is 0 Å². The van der Waals surface area contributed by atoms with Crippen LogP contribution in [0.3, 0.4) is 0 Å². The number of hydrogen-bond donors (Lipinski definition) is 5. The summed E-state index contributed by atoms with van der Waals surface area (Å²) in [5.74, 6) is -1.31. The Balaban J connectivity index is 1.49. The summed E-state index contributed by atoms with van der Waals surface area (Å²) < 4.78 is 5.43. The second kappa shape index (κ2) is 9.60. The molecule has 0 bridgehead atoms. The average Bonchev–Trinajstić information content (AvgIpc) is 2.67. The van der Waals surface area contributed by atoms with Crippen molar-refractivity contribution in [1.29, 1.82) is 0 Å². The molecule has 158 valence electrons. The van der Waals surface area contributed by atoms with Crippen LogP contribution in [0.4, 0.5) is 0 Å². The molecule has 0 aromatic heterocycles. The fourth-order valence-corrected chi connectivity index (χ4v) is 4.17. The fraction of sp³-hybridized carbons (Fsp3) is 0.600. The van der Waals surface area contributed by atoms with Gasteiger partial charge in [0.15, 0.2) is 0 Å². The standard InChI is InChI=1S/C20H30BN3O5/c1-12(22)11-23-15-7-5-13(6-8-15)9-18(25)24-17-10-14-3-2-4-16(20(26)27)19(14)29-21(17)28/h2-4,12-13,15,17,23,28H,5-11,22H2,1H3,(H,24,25)(H,26,27)/t12-,13?,15?,17-/m0/s1. The minimum absolute atomic E-state index is 0.0146. The summed E-state index contributed by atoms with van der Waals surface area (Å²) >= 11 is 0. The van der Waals surface area contributed by atoms with Crippen molar-refractivity contribution in [3.63, 3.8) is 0 Å². The third kappa shape index (κ3) is 5.71. The molecule has 0 spiro atoms. The number of benzene rings is 1. The van der Waals surface area contributed by atoms with E-state index in [1.54, 1.807) is 12.1 Å². The zero-order valence-corrected chi connectivity index (χ0v) is 16.8. The predicted molar refractivity (Wildman–Crippen MR) is 110 cm³/mol. The van der Waals surface area contributed by atoms with Gasteiger partial charge >= 0.3 is 13.1 Å². The molecule has 1 saturated carbocycles. The van der Waals surface area contributed by atoms with Crippen LogP contribution < -0.4 is 21.0 Å². The van der Waals surface area contributed by atoms with Gasteiger partial charge in [-0.1, -0.05) is 12.1 Å². The molecule has 1 aromatic carbocycles. The van der Waals surface area contributed by atoms with Crippen LogP contribution in [0, 0.1) is 5.92 Å². The van der Waals surface area contributed by atoms with Crippen LogP contribution in [0.5, 0.6) is 5.75 Å². The zero-order chi connectivity index (χ0) is 21.0. The minimum atomic E-state index is -1.27. The second-order valence-corrected chi connectivity index (χ2v) is 8.29. The van der Waals surface area contributed by atoms with Crippen LogP contribution in [0.15, 0.2) is 18.2 Å². The number of para-hydroxylation sites is 1. The number of carbonyl (C=O) groups is 2. The normalized spacial score (nSPS) is 24.9. The SMILES string of the molecule is C[C@H](N)CNC1CCC(CC(=O)N[C@H]2Cc3cccc(C(=O)O)c3OB2O)CC1. The molecule has 1 fully saturated rings. The Morgan fingerprint density at radius 2 is 2.03 bits per heavy atom. The first-order valence-corrected chi connectivity index (χ1v) is 10.3. The molecular weight excluding hydrogens is 373 g/mol. The molecule has 1 aliphatic heterocycles. The quantitative estimate of drug-likeness (QED) is 0.424. The van der Waals surface area contributed by atoms with E-state index in [9.17, 15) is 19.7 Å². The second-order valence-electron chi connectivity index (χ2n) is 8.29. The van der Waals surface area contributed by atoms with Crippen LogP contribution in [0.25, 0.3) is 0 Å². The van der Waals surface area contributed by atoms with Gasteiger partial charge in [-0.05, 0) is 56.6 Å². The van der Waals surface area contributed by atoms with Crippen molar-refractivity contribution in [1.82, 2.24) is 10.6 Å². The fourth-order valence-electron chi connectivity index (χ4n) is 4.17. The first-order chi connectivity index (χ1) is 13.8. The van der Waals surface area contributed by atoms with E-state index >= 15 is 0 Å². The Morgan fingerprint density at radius 1 is 1.31 bits per heavy atom. The smallest absolute Gasteiger partial charge is 0.534 e. The Kier molecular flexibility index (Phi) is 7.16. The largest absolute Gasteiger partial charge is 0.547 e.